The summed E-state index contributed by atoms with van der Waals surface area (Å²) in [4.78, 5) is 14.3. The monoisotopic (exact) mass is 438 g/mol. The molecule has 2 aliphatic carbocycles. The molecule has 1 atom stereocenters. The number of benzene rings is 3. The van der Waals surface area contributed by atoms with Crippen molar-refractivity contribution in [2.24, 2.45) is 5.41 Å². The van der Waals surface area contributed by atoms with E-state index >= 15 is 0 Å². The fourth-order valence-electron chi connectivity index (χ4n) is 5.93. The van der Waals surface area contributed by atoms with Gasteiger partial charge in [0.2, 0.25) is 0 Å². The summed E-state index contributed by atoms with van der Waals surface area (Å²) in [7, 11) is 3.31. The van der Waals surface area contributed by atoms with Gasteiger partial charge >= 0.3 is 0 Å². The Hall–Kier alpha value is -3.33. The molecule has 0 radical (unpaired) electrons. The van der Waals surface area contributed by atoms with E-state index in [-0.39, 0.29) is 17.1 Å². The van der Waals surface area contributed by atoms with Crippen LogP contribution < -0.4 is 9.47 Å². The second-order valence-corrected chi connectivity index (χ2v) is 9.14. The van der Waals surface area contributed by atoms with E-state index in [1.54, 1.807) is 14.2 Å². The Bertz CT molecular complexity index is 1170. The lowest BCUT2D eigenvalue weighted by Gasteiger charge is -2.48. The highest BCUT2D eigenvalue weighted by atomic mass is 16.5. The third kappa shape index (κ3) is 3.66. The first-order valence-electron chi connectivity index (χ1n) is 11.8. The van der Waals surface area contributed by atoms with Gasteiger partial charge in [0.05, 0.1) is 20.1 Å². The molecular formula is C30H30O3. The first-order valence-corrected chi connectivity index (χ1v) is 11.8. The van der Waals surface area contributed by atoms with E-state index in [1.807, 2.05) is 42.5 Å². The topological polar surface area (TPSA) is 35.5 Å². The number of fused-ring (bicyclic) bond motifs is 1. The predicted octanol–water partition coefficient (Wildman–Crippen LogP) is 7.18. The first-order chi connectivity index (χ1) is 16.2. The number of allylic oxidation sites excluding steroid dienone is 1. The summed E-state index contributed by atoms with van der Waals surface area (Å²) in [6.45, 7) is 0. The zero-order valence-corrected chi connectivity index (χ0v) is 19.3. The summed E-state index contributed by atoms with van der Waals surface area (Å²) in [6, 6.07) is 24.4. The van der Waals surface area contributed by atoms with Crippen LogP contribution in [0.15, 0.2) is 72.8 Å². The Labute approximate surface area is 196 Å². The number of rotatable bonds is 5. The van der Waals surface area contributed by atoms with Crippen molar-refractivity contribution in [1.82, 2.24) is 0 Å². The van der Waals surface area contributed by atoms with Gasteiger partial charge in [-0.3, -0.25) is 4.79 Å². The van der Waals surface area contributed by atoms with E-state index in [0.29, 0.717) is 11.5 Å². The maximum absolute atomic E-state index is 14.3. The number of ketones is 1. The first kappa shape index (κ1) is 21.5. The van der Waals surface area contributed by atoms with Gasteiger partial charge in [0.15, 0.2) is 17.3 Å². The second kappa shape index (κ2) is 8.90. The molecule has 3 nitrogen and oxygen atoms in total. The van der Waals surface area contributed by atoms with Gasteiger partial charge in [-0.25, -0.2) is 0 Å². The molecule has 33 heavy (non-hydrogen) atoms. The maximum Gasteiger partial charge on any atom is 0.171 e. The Morgan fingerprint density at radius 2 is 1.42 bits per heavy atom. The largest absolute Gasteiger partial charge is 0.493 e. The van der Waals surface area contributed by atoms with Gasteiger partial charge in [-0.2, -0.15) is 0 Å². The normalized spacial score (nSPS) is 18.8. The van der Waals surface area contributed by atoms with E-state index in [2.05, 4.69) is 36.4 Å². The molecule has 0 aliphatic heterocycles. The highest BCUT2D eigenvalue weighted by molar-refractivity contribution is 6.06. The third-order valence-corrected chi connectivity index (χ3v) is 7.44. The number of methoxy groups -OCH3 is 2. The van der Waals surface area contributed by atoms with Crippen molar-refractivity contribution in [3.8, 4) is 11.5 Å². The van der Waals surface area contributed by atoms with E-state index < -0.39 is 0 Å². The fourth-order valence-corrected chi connectivity index (χ4v) is 5.93. The Kier molecular flexibility index (Phi) is 5.80. The molecule has 3 heteroatoms. The molecule has 3 aromatic rings. The van der Waals surface area contributed by atoms with Crippen molar-refractivity contribution >= 4 is 17.4 Å². The molecule has 1 spiro atoms. The number of carbonyl (C=O) groups is 1. The maximum atomic E-state index is 14.3. The van der Waals surface area contributed by atoms with Crippen LogP contribution >= 0.6 is 0 Å². The summed E-state index contributed by atoms with van der Waals surface area (Å²) in [5.41, 5.74) is 5.09. The summed E-state index contributed by atoms with van der Waals surface area (Å²) in [6.07, 6.45) is 7.79. The molecule has 1 unspecified atom stereocenters. The van der Waals surface area contributed by atoms with Crippen LogP contribution in [-0.4, -0.2) is 20.0 Å². The van der Waals surface area contributed by atoms with E-state index in [1.165, 1.54) is 17.6 Å². The van der Waals surface area contributed by atoms with Gasteiger partial charge in [-0.05, 0) is 47.2 Å². The van der Waals surface area contributed by atoms with Gasteiger partial charge in [-0.15, -0.1) is 0 Å². The van der Waals surface area contributed by atoms with Gasteiger partial charge in [0, 0.05) is 11.0 Å². The molecule has 5 rings (SSSR count). The molecule has 0 saturated heterocycles. The Morgan fingerprint density at radius 1 is 0.818 bits per heavy atom. The molecule has 3 aromatic carbocycles. The minimum Gasteiger partial charge on any atom is -0.493 e. The van der Waals surface area contributed by atoms with Crippen molar-refractivity contribution in [2.45, 2.75) is 38.0 Å². The fraction of sp³-hybridized carbons (Fsp3) is 0.300. The van der Waals surface area contributed by atoms with E-state index in [9.17, 15) is 4.79 Å². The van der Waals surface area contributed by atoms with Gasteiger partial charge in [0.1, 0.15) is 0 Å². The Balaban J connectivity index is 1.80. The van der Waals surface area contributed by atoms with Crippen molar-refractivity contribution in [1.29, 1.82) is 0 Å². The van der Waals surface area contributed by atoms with E-state index in [4.69, 9.17) is 9.47 Å². The van der Waals surface area contributed by atoms with E-state index in [0.717, 1.165) is 42.4 Å². The van der Waals surface area contributed by atoms with Gasteiger partial charge in [-0.1, -0.05) is 86.0 Å². The van der Waals surface area contributed by atoms with Crippen molar-refractivity contribution in [2.75, 3.05) is 14.2 Å². The van der Waals surface area contributed by atoms with Gasteiger partial charge in [0.25, 0.3) is 0 Å². The molecular weight excluding hydrogens is 408 g/mol. The lowest BCUT2D eigenvalue weighted by molar-refractivity contribution is 0.0863. The average Bonchev–Trinajstić information content (AvgIpc) is 2.88. The minimum absolute atomic E-state index is 0.188. The van der Waals surface area contributed by atoms with Crippen molar-refractivity contribution in [3.63, 3.8) is 0 Å². The minimum atomic E-state index is -0.268. The number of carbonyl (C=O) groups excluding carboxylic acids is 1. The standard InChI is InChI=1S/C30H30O3/c1-32-26-19-23-18-25(21-12-6-3-7-13-21)30(16-10-5-11-17-30)28(24(23)20-27(26)33-2)29(31)22-14-8-4-9-15-22/h3-4,6-9,12-15,18-20,28H,5,10-11,16-17H2,1-2H3. The molecule has 0 aromatic heterocycles. The SMILES string of the molecule is COc1cc2c(cc1OC)C(C(=O)c1ccccc1)C1(CCCCC1)C(c1ccccc1)=C2. The van der Waals surface area contributed by atoms with Crippen LogP contribution in [0.5, 0.6) is 11.5 Å². The third-order valence-electron chi connectivity index (χ3n) is 7.44. The summed E-state index contributed by atoms with van der Waals surface area (Å²) in [5, 5.41) is 0. The molecule has 0 N–H and O–H groups in total. The zero-order chi connectivity index (χ0) is 22.8. The average molecular weight is 439 g/mol. The number of Topliss-reactive ketones (excluding diaryl/α,β-unsaturated/α-hetero) is 1. The summed E-state index contributed by atoms with van der Waals surface area (Å²) in [5.74, 6) is 1.28. The highest BCUT2D eigenvalue weighted by Crippen LogP contribution is 2.60. The van der Waals surface area contributed by atoms with Crippen LogP contribution in [0.3, 0.4) is 0 Å². The molecule has 0 heterocycles. The molecule has 1 fully saturated rings. The van der Waals surface area contributed by atoms with Crippen LogP contribution in [-0.2, 0) is 0 Å². The van der Waals surface area contributed by atoms with Crippen LogP contribution in [0, 0.1) is 5.41 Å². The molecule has 2 aliphatic rings. The number of ether oxygens (including phenoxy) is 2. The summed E-state index contributed by atoms with van der Waals surface area (Å²) >= 11 is 0. The number of hydrogen-bond donors (Lipinski definition) is 0. The predicted molar refractivity (Wildman–Crippen MR) is 133 cm³/mol. The quantitative estimate of drug-likeness (QED) is 0.396. The van der Waals surface area contributed by atoms with Crippen LogP contribution in [0.2, 0.25) is 0 Å². The van der Waals surface area contributed by atoms with Crippen molar-refractivity contribution in [3.05, 3.63) is 95.1 Å². The lowest BCUT2D eigenvalue weighted by Crippen LogP contribution is -2.39. The number of hydrogen-bond acceptors (Lipinski definition) is 3. The lowest BCUT2D eigenvalue weighted by atomic mass is 9.54. The van der Waals surface area contributed by atoms with Crippen LogP contribution in [0.25, 0.3) is 11.6 Å². The molecule has 168 valence electrons. The molecule has 0 bridgehead atoms. The molecule has 0 amide bonds. The van der Waals surface area contributed by atoms with Crippen LogP contribution in [0.1, 0.15) is 65.1 Å². The highest BCUT2D eigenvalue weighted by Gasteiger charge is 2.50. The Morgan fingerprint density at radius 3 is 2.06 bits per heavy atom. The smallest absolute Gasteiger partial charge is 0.171 e. The van der Waals surface area contributed by atoms with Gasteiger partial charge < -0.3 is 9.47 Å². The van der Waals surface area contributed by atoms with Crippen molar-refractivity contribution < 1.29 is 14.3 Å². The summed E-state index contributed by atoms with van der Waals surface area (Å²) < 4.78 is 11.3. The molecule has 1 saturated carbocycles. The zero-order valence-electron chi connectivity index (χ0n) is 19.3. The van der Waals surface area contributed by atoms with Crippen LogP contribution in [0.4, 0.5) is 0 Å². The second-order valence-electron chi connectivity index (χ2n) is 9.14.